The Hall–Kier alpha value is -1.44. The molecule has 18 heavy (non-hydrogen) atoms. The van der Waals surface area contributed by atoms with Gasteiger partial charge in [-0.25, -0.2) is 4.98 Å². The molecule has 0 fully saturated rings. The van der Waals surface area contributed by atoms with E-state index in [0.717, 1.165) is 16.7 Å². The van der Waals surface area contributed by atoms with E-state index in [1.165, 1.54) is 18.4 Å². The minimum atomic E-state index is 0.431. The average molecular weight is 242 g/mol. The molecule has 2 rings (SSSR count). The first-order valence-electron chi connectivity index (χ1n) is 6.92. The molecule has 2 aromatic rings. The van der Waals surface area contributed by atoms with Crippen molar-refractivity contribution in [2.45, 2.75) is 52.4 Å². The first-order chi connectivity index (χ1) is 8.65. The van der Waals surface area contributed by atoms with Crippen LogP contribution >= 0.6 is 0 Å². The zero-order valence-corrected chi connectivity index (χ0v) is 11.8. The third kappa shape index (κ3) is 2.53. The summed E-state index contributed by atoms with van der Waals surface area (Å²) in [7, 11) is 0. The molecule has 0 spiro atoms. The van der Waals surface area contributed by atoms with Gasteiger partial charge in [0.1, 0.15) is 0 Å². The van der Waals surface area contributed by atoms with E-state index < -0.39 is 0 Å². The van der Waals surface area contributed by atoms with Crippen LogP contribution in [0.15, 0.2) is 24.4 Å². The highest BCUT2D eigenvalue weighted by Crippen LogP contribution is 2.25. The van der Waals surface area contributed by atoms with Gasteiger partial charge < -0.3 is 0 Å². The third-order valence-corrected chi connectivity index (χ3v) is 3.63. The summed E-state index contributed by atoms with van der Waals surface area (Å²) in [4.78, 5) is 9.22. The topological polar surface area (TPSA) is 25.8 Å². The van der Waals surface area contributed by atoms with E-state index in [2.05, 4.69) is 55.9 Å². The molecule has 0 saturated carbocycles. The van der Waals surface area contributed by atoms with Gasteiger partial charge in [-0.05, 0) is 42.4 Å². The van der Waals surface area contributed by atoms with Crippen molar-refractivity contribution in [1.29, 1.82) is 0 Å². The summed E-state index contributed by atoms with van der Waals surface area (Å²) in [6.45, 7) is 8.78. The van der Waals surface area contributed by atoms with Crippen molar-refractivity contribution in [3.8, 4) is 0 Å². The molecule has 0 atom stereocenters. The molecule has 2 nitrogen and oxygen atoms in total. The van der Waals surface area contributed by atoms with Gasteiger partial charge in [-0.2, -0.15) is 0 Å². The molecule has 1 aromatic carbocycles. The Bertz CT molecular complexity index is 528. The van der Waals surface area contributed by atoms with E-state index in [9.17, 15) is 0 Å². The molecular formula is C16H22N2. The number of hydrogen-bond acceptors (Lipinski definition) is 2. The SMILES string of the molecule is CCC(CC)c1ccc2nc(C(C)C)cnc2c1. The molecule has 0 saturated heterocycles. The molecule has 2 heteroatoms. The number of hydrogen-bond donors (Lipinski definition) is 0. The summed E-state index contributed by atoms with van der Waals surface area (Å²) in [5.41, 5.74) is 4.48. The Morgan fingerprint density at radius 3 is 2.39 bits per heavy atom. The summed E-state index contributed by atoms with van der Waals surface area (Å²) < 4.78 is 0. The van der Waals surface area contributed by atoms with Gasteiger partial charge in [0.15, 0.2) is 0 Å². The number of rotatable bonds is 4. The Balaban J connectivity index is 2.44. The van der Waals surface area contributed by atoms with E-state index in [4.69, 9.17) is 0 Å². The molecule has 0 unspecified atom stereocenters. The Kier molecular flexibility index (Phi) is 3.95. The molecule has 1 heterocycles. The molecule has 0 bridgehead atoms. The lowest BCUT2D eigenvalue weighted by Gasteiger charge is -2.13. The van der Waals surface area contributed by atoms with Crippen LogP contribution in [0, 0.1) is 0 Å². The summed E-state index contributed by atoms with van der Waals surface area (Å²) in [5, 5.41) is 0. The Labute approximate surface area is 109 Å². The second kappa shape index (κ2) is 5.47. The molecule has 0 aliphatic heterocycles. The van der Waals surface area contributed by atoms with Crippen molar-refractivity contribution >= 4 is 11.0 Å². The van der Waals surface area contributed by atoms with Crippen LogP contribution in [-0.4, -0.2) is 9.97 Å². The minimum Gasteiger partial charge on any atom is -0.253 e. The Morgan fingerprint density at radius 2 is 1.78 bits per heavy atom. The lowest BCUT2D eigenvalue weighted by Crippen LogP contribution is -1.98. The molecular weight excluding hydrogens is 220 g/mol. The summed E-state index contributed by atoms with van der Waals surface area (Å²) in [6.07, 6.45) is 4.27. The smallest absolute Gasteiger partial charge is 0.0890 e. The molecule has 0 amide bonds. The first-order valence-corrected chi connectivity index (χ1v) is 6.92. The van der Waals surface area contributed by atoms with E-state index in [1.54, 1.807) is 0 Å². The normalized spacial score (nSPS) is 11.7. The highest BCUT2D eigenvalue weighted by molar-refractivity contribution is 5.75. The molecule has 1 aromatic heterocycles. The maximum atomic E-state index is 4.66. The third-order valence-electron chi connectivity index (χ3n) is 3.63. The van der Waals surface area contributed by atoms with Crippen molar-refractivity contribution in [2.75, 3.05) is 0 Å². The van der Waals surface area contributed by atoms with Gasteiger partial charge >= 0.3 is 0 Å². The zero-order valence-electron chi connectivity index (χ0n) is 11.8. The van der Waals surface area contributed by atoms with E-state index in [1.807, 2.05) is 6.20 Å². The Morgan fingerprint density at radius 1 is 1.06 bits per heavy atom. The van der Waals surface area contributed by atoms with Gasteiger partial charge in [0.2, 0.25) is 0 Å². The van der Waals surface area contributed by atoms with Gasteiger partial charge in [0.05, 0.1) is 16.7 Å². The van der Waals surface area contributed by atoms with Gasteiger partial charge in [-0.3, -0.25) is 4.98 Å². The monoisotopic (exact) mass is 242 g/mol. The summed E-state index contributed by atoms with van der Waals surface area (Å²) >= 11 is 0. The molecule has 0 aliphatic rings. The fourth-order valence-corrected chi connectivity index (χ4v) is 2.33. The van der Waals surface area contributed by atoms with Crippen LogP contribution in [0.1, 0.15) is 63.6 Å². The number of aromatic nitrogens is 2. The highest BCUT2D eigenvalue weighted by Gasteiger charge is 2.09. The van der Waals surface area contributed by atoms with Gasteiger partial charge in [-0.15, -0.1) is 0 Å². The quantitative estimate of drug-likeness (QED) is 0.779. The zero-order chi connectivity index (χ0) is 13.1. The van der Waals surface area contributed by atoms with E-state index in [-0.39, 0.29) is 0 Å². The largest absolute Gasteiger partial charge is 0.253 e. The molecule has 0 radical (unpaired) electrons. The van der Waals surface area contributed by atoms with Crippen LogP contribution in [0.25, 0.3) is 11.0 Å². The van der Waals surface area contributed by atoms with Crippen molar-refractivity contribution in [3.05, 3.63) is 35.7 Å². The van der Waals surface area contributed by atoms with Crippen LogP contribution in [-0.2, 0) is 0 Å². The van der Waals surface area contributed by atoms with Crippen LogP contribution < -0.4 is 0 Å². The lowest BCUT2D eigenvalue weighted by molar-refractivity contribution is 0.642. The van der Waals surface area contributed by atoms with Crippen molar-refractivity contribution in [1.82, 2.24) is 9.97 Å². The minimum absolute atomic E-state index is 0.431. The van der Waals surface area contributed by atoms with Crippen molar-refractivity contribution in [3.63, 3.8) is 0 Å². The number of nitrogens with zero attached hydrogens (tertiary/aromatic N) is 2. The van der Waals surface area contributed by atoms with E-state index in [0.29, 0.717) is 11.8 Å². The first kappa shape index (κ1) is 13.0. The number of fused-ring (bicyclic) bond motifs is 1. The molecule has 0 aliphatic carbocycles. The highest BCUT2D eigenvalue weighted by atomic mass is 14.8. The fourth-order valence-electron chi connectivity index (χ4n) is 2.33. The van der Waals surface area contributed by atoms with Crippen LogP contribution in [0.3, 0.4) is 0 Å². The van der Waals surface area contributed by atoms with E-state index >= 15 is 0 Å². The predicted octanol–water partition coefficient (Wildman–Crippen LogP) is 4.66. The van der Waals surface area contributed by atoms with Crippen molar-refractivity contribution in [2.24, 2.45) is 0 Å². The van der Waals surface area contributed by atoms with Crippen LogP contribution in [0.5, 0.6) is 0 Å². The van der Waals surface area contributed by atoms with Gasteiger partial charge in [0, 0.05) is 6.20 Å². The fraction of sp³-hybridized carbons (Fsp3) is 0.500. The number of benzene rings is 1. The second-order valence-electron chi connectivity index (χ2n) is 5.21. The average Bonchev–Trinajstić information content (AvgIpc) is 2.39. The van der Waals surface area contributed by atoms with Crippen molar-refractivity contribution < 1.29 is 0 Å². The molecule has 0 N–H and O–H groups in total. The van der Waals surface area contributed by atoms with Gasteiger partial charge in [-0.1, -0.05) is 33.8 Å². The van der Waals surface area contributed by atoms with Crippen LogP contribution in [0.2, 0.25) is 0 Å². The summed E-state index contributed by atoms with van der Waals surface area (Å²) in [6, 6.07) is 6.52. The standard InChI is InChI=1S/C16H22N2/c1-5-12(6-2)13-7-8-14-15(9-13)17-10-16(18-14)11(3)4/h7-12H,5-6H2,1-4H3. The predicted molar refractivity (Wildman–Crippen MR) is 77.0 cm³/mol. The van der Waals surface area contributed by atoms with Crippen LogP contribution in [0.4, 0.5) is 0 Å². The summed E-state index contributed by atoms with van der Waals surface area (Å²) in [5.74, 6) is 1.07. The molecule has 96 valence electrons. The maximum Gasteiger partial charge on any atom is 0.0890 e. The second-order valence-corrected chi connectivity index (χ2v) is 5.21. The maximum absolute atomic E-state index is 4.66. The van der Waals surface area contributed by atoms with Gasteiger partial charge in [0.25, 0.3) is 0 Å². The lowest BCUT2D eigenvalue weighted by atomic mass is 9.94.